The zero-order valence-corrected chi connectivity index (χ0v) is 16.6. The lowest BCUT2D eigenvalue weighted by Crippen LogP contribution is -2.07. The molecule has 0 saturated carbocycles. The predicted molar refractivity (Wildman–Crippen MR) is 113 cm³/mol. The number of ether oxygens (including phenoxy) is 3. The molecule has 0 aliphatic rings. The summed E-state index contributed by atoms with van der Waals surface area (Å²) in [6, 6.07) is 14.8. The Morgan fingerprint density at radius 1 is 1.06 bits per heavy atom. The molecule has 1 heterocycles. The first-order valence-electron chi connectivity index (χ1n) is 9.42. The van der Waals surface area contributed by atoms with Crippen LogP contribution in [0.15, 0.2) is 73.1 Å². The zero-order chi connectivity index (χ0) is 22.1. The third-order valence-electron chi connectivity index (χ3n) is 3.90. The van der Waals surface area contributed by atoms with Crippen LogP contribution < -0.4 is 19.5 Å². The molecule has 1 aromatic heterocycles. The standard InChI is InChI=1S/C23H20F2N2O4/c1-2-29-21-14-16(6-8-20(21)31-23(24)25)7-9-22(28)27-17-4-3-5-19(15-17)30-18-10-12-26-13-11-18/h3-15,23H,2H2,1H3,(H,27,28). The van der Waals surface area contributed by atoms with E-state index in [0.717, 1.165) is 0 Å². The van der Waals surface area contributed by atoms with Crippen molar-refractivity contribution in [2.75, 3.05) is 11.9 Å². The van der Waals surface area contributed by atoms with E-state index in [0.29, 0.717) is 22.7 Å². The molecule has 31 heavy (non-hydrogen) atoms. The summed E-state index contributed by atoms with van der Waals surface area (Å²) in [4.78, 5) is 16.2. The average molecular weight is 426 g/mol. The number of carbonyl (C=O) groups is 1. The number of nitrogens with zero attached hydrogens (tertiary/aromatic N) is 1. The molecule has 8 heteroatoms. The molecule has 0 atom stereocenters. The molecule has 1 N–H and O–H groups in total. The second-order valence-electron chi connectivity index (χ2n) is 6.15. The molecule has 1 amide bonds. The van der Waals surface area contributed by atoms with Crippen molar-refractivity contribution in [3.05, 3.63) is 78.6 Å². The van der Waals surface area contributed by atoms with Crippen LogP contribution in [-0.2, 0) is 4.79 Å². The first-order valence-corrected chi connectivity index (χ1v) is 9.42. The van der Waals surface area contributed by atoms with Gasteiger partial charge in [0.1, 0.15) is 11.5 Å². The third-order valence-corrected chi connectivity index (χ3v) is 3.90. The average Bonchev–Trinajstić information content (AvgIpc) is 2.75. The molecule has 0 unspecified atom stereocenters. The van der Waals surface area contributed by atoms with E-state index in [2.05, 4.69) is 15.0 Å². The van der Waals surface area contributed by atoms with Gasteiger partial charge in [-0.1, -0.05) is 12.1 Å². The van der Waals surface area contributed by atoms with Crippen molar-refractivity contribution in [2.45, 2.75) is 13.5 Å². The van der Waals surface area contributed by atoms with Gasteiger partial charge in [-0.15, -0.1) is 0 Å². The predicted octanol–water partition coefficient (Wildman–Crippen LogP) is 5.53. The molecule has 0 radical (unpaired) electrons. The fraction of sp³-hybridized carbons (Fsp3) is 0.130. The number of benzene rings is 2. The number of halogens is 2. The van der Waals surface area contributed by atoms with Crippen LogP contribution in [-0.4, -0.2) is 24.1 Å². The van der Waals surface area contributed by atoms with E-state index in [1.807, 2.05) is 0 Å². The van der Waals surface area contributed by atoms with E-state index in [-0.39, 0.29) is 24.0 Å². The molecule has 0 aliphatic heterocycles. The van der Waals surface area contributed by atoms with Crippen LogP contribution in [0.3, 0.4) is 0 Å². The second kappa shape index (κ2) is 10.7. The van der Waals surface area contributed by atoms with Gasteiger partial charge in [0.25, 0.3) is 0 Å². The minimum absolute atomic E-state index is 0.0653. The Kier molecular flexibility index (Phi) is 7.53. The second-order valence-corrected chi connectivity index (χ2v) is 6.15. The number of carbonyl (C=O) groups excluding carboxylic acids is 1. The van der Waals surface area contributed by atoms with Crippen molar-refractivity contribution in [1.82, 2.24) is 4.98 Å². The van der Waals surface area contributed by atoms with E-state index < -0.39 is 6.61 Å². The first kappa shape index (κ1) is 21.8. The van der Waals surface area contributed by atoms with Gasteiger partial charge < -0.3 is 19.5 Å². The van der Waals surface area contributed by atoms with Gasteiger partial charge in [0.15, 0.2) is 11.5 Å². The molecule has 2 aromatic carbocycles. The van der Waals surface area contributed by atoms with Crippen LogP contribution in [0.1, 0.15) is 12.5 Å². The summed E-state index contributed by atoms with van der Waals surface area (Å²) in [7, 11) is 0. The molecule has 160 valence electrons. The summed E-state index contributed by atoms with van der Waals surface area (Å²) in [5.74, 6) is 0.925. The molecule has 0 aliphatic carbocycles. The highest BCUT2D eigenvalue weighted by Crippen LogP contribution is 2.30. The minimum atomic E-state index is -2.95. The van der Waals surface area contributed by atoms with Crippen LogP contribution in [0.5, 0.6) is 23.0 Å². The number of hydrogen-bond donors (Lipinski definition) is 1. The van der Waals surface area contributed by atoms with Gasteiger partial charge in [-0.25, -0.2) is 0 Å². The van der Waals surface area contributed by atoms with Crippen molar-refractivity contribution < 1.29 is 27.8 Å². The maximum Gasteiger partial charge on any atom is 0.387 e. The van der Waals surface area contributed by atoms with E-state index in [9.17, 15) is 13.6 Å². The normalized spacial score (nSPS) is 10.8. The number of pyridine rings is 1. The van der Waals surface area contributed by atoms with E-state index in [4.69, 9.17) is 9.47 Å². The van der Waals surface area contributed by atoms with Gasteiger partial charge in [0, 0.05) is 30.2 Å². The minimum Gasteiger partial charge on any atom is -0.490 e. The summed E-state index contributed by atoms with van der Waals surface area (Å²) < 4.78 is 40.5. The van der Waals surface area contributed by atoms with Gasteiger partial charge >= 0.3 is 6.61 Å². The van der Waals surface area contributed by atoms with E-state index in [1.54, 1.807) is 67.9 Å². The molecule has 0 saturated heterocycles. The lowest BCUT2D eigenvalue weighted by molar-refractivity contribution is -0.111. The molecule has 3 rings (SSSR count). The number of hydrogen-bond acceptors (Lipinski definition) is 5. The summed E-state index contributed by atoms with van der Waals surface area (Å²) in [6.45, 7) is -0.940. The molecular formula is C23H20F2N2O4. The first-order chi connectivity index (χ1) is 15.0. The van der Waals surface area contributed by atoms with Crippen LogP contribution >= 0.6 is 0 Å². The molecule has 0 fully saturated rings. The Labute approximate surface area is 178 Å². The zero-order valence-electron chi connectivity index (χ0n) is 16.6. The van der Waals surface area contributed by atoms with Crippen LogP contribution in [0.2, 0.25) is 0 Å². The van der Waals surface area contributed by atoms with Crippen LogP contribution in [0.4, 0.5) is 14.5 Å². The van der Waals surface area contributed by atoms with Gasteiger partial charge in [-0.05, 0) is 55.0 Å². The molecular weight excluding hydrogens is 406 g/mol. The topological polar surface area (TPSA) is 69.7 Å². The van der Waals surface area contributed by atoms with Gasteiger partial charge in [-0.3, -0.25) is 9.78 Å². The fourth-order valence-electron chi connectivity index (χ4n) is 2.63. The van der Waals surface area contributed by atoms with Crippen LogP contribution in [0.25, 0.3) is 6.08 Å². The van der Waals surface area contributed by atoms with Crippen LogP contribution in [0, 0.1) is 0 Å². The number of nitrogens with one attached hydrogen (secondary N) is 1. The SMILES string of the molecule is CCOc1cc(C=CC(=O)Nc2cccc(Oc3ccncc3)c2)ccc1OC(F)F. The van der Waals surface area contributed by atoms with Gasteiger partial charge in [0.2, 0.25) is 5.91 Å². The summed E-state index contributed by atoms with van der Waals surface area (Å²) in [5.41, 5.74) is 1.15. The number of anilines is 1. The number of aromatic nitrogens is 1. The molecule has 6 nitrogen and oxygen atoms in total. The van der Waals surface area contributed by atoms with E-state index in [1.165, 1.54) is 18.2 Å². The Morgan fingerprint density at radius 2 is 1.87 bits per heavy atom. The fourth-order valence-corrected chi connectivity index (χ4v) is 2.63. The highest BCUT2D eigenvalue weighted by Gasteiger charge is 2.11. The summed E-state index contributed by atoms with van der Waals surface area (Å²) in [6.07, 6.45) is 6.11. The summed E-state index contributed by atoms with van der Waals surface area (Å²) in [5, 5.41) is 2.74. The lowest BCUT2D eigenvalue weighted by atomic mass is 10.2. The highest BCUT2D eigenvalue weighted by molar-refractivity contribution is 6.02. The summed E-state index contributed by atoms with van der Waals surface area (Å²) >= 11 is 0. The number of alkyl halides is 2. The molecule has 3 aromatic rings. The van der Waals surface area contributed by atoms with Crippen molar-refractivity contribution >= 4 is 17.7 Å². The van der Waals surface area contributed by atoms with Crippen molar-refractivity contribution in [1.29, 1.82) is 0 Å². The smallest absolute Gasteiger partial charge is 0.387 e. The van der Waals surface area contributed by atoms with Crippen molar-refractivity contribution in [2.24, 2.45) is 0 Å². The van der Waals surface area contributed by atoms with Gasteiger partial charge in [-0.2, -0.15) is 8.78 Å². The Balaban J connectivity index is 1.65. The number of rotatable bonds is 9. The largest absolute Gasteiger partial charge is 0.490 e. The maximum atomic E-state index is 12.5. The molecule has 0 spiro atoms. The third kappa shape index (κ3) is 6.81. The molecule has 0 bridgehead atoms. The Bertz CT molecular complexity index is 1040. The Hall–Kier alpha value is -3.94. The van der Waals surface area contributed by atoms with Gasteiger partial charge in [0.05, 0.1) is 6.61 Å². The van der Waals surface area contributed by atoms with E-state index >= 15 is 0 Å². The quantitative estimate of drug-likeness (QED) is 0.456. The monoisotopic (exact) mass is 426 g/mol. The highest BCUT2D eigenvalue weighted by atomic mass is 19.3. The van der Waals surface area contributed by atoms with Crippen molar-refractivity contribution in [3.63, 3.8) is 0 Å². The lowest BCUT2D eigenvalue weighted by Gasteiger charge is -2.11. The Morgan fingerprint density at radius 3 is 2.61 bits per heavy atom. The number of amides is 1. The maximum absolute atomic E-state index is 12.5. The van der Waals surface area contributed by atoms with Crippen molar-refractivity contribution in [3.8, 4) is 23.0 Å².